The molecule has 0 amide bonds. The number of hydrogen-bond acceptors (Lipinski definition) is 4. The van der Waals surface area contributed by atoms with Gasteiger partial charge < -0.3 is 4.74 Å². The van der Waals surface area contributed by atoms with Crippen LogP contribution in [0.5, 0.6) is 0 Å². The minimum atomic E-state index is -0.614. The average molecular weight is 478 g/mol. The van der Waals surface area contributed by atoms with Crippen LogP contribution in [-0.2, 0) is 16.7 Å². The van der Waals surface area contributed by atoms with Gasteiger partial charge in [-0.25, -0.2) is 8.78 Å². The summed E-state index contributed by atoms with van der Waals surface area (Å²) in [4.78, 5) is 2.46. The zero-order chi connectivity index (χ0) is 24.4. The molecule has 0 saturated carbocycles. The molecule has 35 heavy (non-hydrogen) atoms. The van der Waals surface area contributed by atoms with Crippen LogP contribution in [0.15, 0.2) is 54.6 Å². The Morgan fingerprint density at radius 1 is 1.03 bits per heavy atom. The number of rotatable bonds is 6. The molecule has 2 aromatic carbocycles. The summed E-state index contributed by atoms with van der Waals surface area (Å²) in [5.41, 5.74) is 3.20. The number of morpholine rings is 1. The Morgan fingerprint density at radius 2 is 1.80 bits per heavy atom. The molecule has 1 aliphatic heterocycles. The van der Waals surface area contributed by atoms with E-state index in [0.717, 1.165) is 56.6 Å². The van der Waals surface area contributed by atoms with Crippen molar-refractivity contribution >= 4 is 0 Å². The summed E-state index contributed by atoms with van der Waals surface area (Å²) in [5, 5.41) is 9.08. The Labute approximate surface area is 206 Å². The minimum Gasteiger partial charge on any atom is -0.375 e. The van der Waals surface area contributed by atoms with Crippen molar-refractivity contribution < 1.29 is 13.5 Å². The van der Waals surface area contributed by atoms with E-state index in [1.165, 1.54) is 23.8 Å². The van der Waals surface area contributed by atoms with E-state index in [-0.39, 0.29) is 28.7 Å². The van der Waals surface area contributed by atoms with Crippen LogP contribution in [0.25, 0.3) is 11.3 Å². The van der Waals surface area contributed by atoms with Crippen molar-refractivity contribution in [1.29, 1.82) is 0 Å². The Balaban J connectivity index is 1.51. The van der Waals surface area contributed by atoms with Crippen LogP contribution in [0.1, 0.15) is 62.3 Å². The Bertz CT molecular complexity index is 1150. The number of aromatic nitrogens is 2. The van der Waals surface area contributed by atoms with Gasteiger partial charge in [-0.1, -0.05) is 50.2 Å². The predicted octanol–water partition coefficient (Wildman–Crippen LogP) is 6.26. The molecular formula is C29H33F2N3O. The summed E-state index contributed by atoms with van der Waals surface area (Å²) < 4.78 is 35.5. The molecule has 0 radical (unpaired) electrons. The van der Waals surface area contributed by atoms with Crippen LogP contribution in [0.2, 0.25) is 0 Å². The van der Waals surface area contributed by atoms with Crippen molar-refractivity contribution in [3.63, 3.8) is 0 Å². The van der Waals surface area contributed by atoms with Crippen LogP contribution >= 0.6 is 0 Å². The third-order valence-corrected chi connectivity index (χ3v) is 8.03. The van der Waals surface area contributed by atoms with E-state index < -0.39 is 11.6 Å². The highest BCUT2D eigenvalue weighted by Crippen LogP contribution is 2.49. The Kier molecular flexibility index (Phi) is 6.94. The molecule has 6 heteroatoms. The monoisotopic (exact) mass is 477 g/mol. The standard InChI is InChI=1S/C29H33F2N3O/c1-3-21-13-14-29(4-2,26-19-34(15-16-35-26)18-20-9-6-5-7-10-20)28-22(21)17-25(32-33-28)27-23(30)11-8-12-24(27)31/h5-12,17,21,26H,3-4,13-16,18-19H2,1-2H3/t21-,26-,29+/m0/s1. The van der Waals surface area contributed by atoms with E-state index >= 15 is 0 Å². The molecule has 0 spiro atoms. The van der Waals surface area contributed by atoms with Crippen molar-refractivity contribution in [3.05, 3.63) is 83.1 Å². The van der Waals surface area contributed by atoms with Crippen LogP contribution in [0.3, 0.4) is 0 Å². The second-order valence-electron chi connectivity index (χ2n) is 9.86. The maximum Gasteiger partial charge on any atom is 0.135 e. The van der Waals surface area contributed by atoms with Gasteiger partial charge in [0.25, 0.3) is 0 Å². The molecule has 0 bridgehead atoms. The van der Waals surface area contributed by atoms with Gasteiger partial charge >= 0.3 is 0 Å². The smallest absolute Gasteiger partial charge is 0.135 e. The van der Waals surface area contributed by atoms with Crippen molar-refractivity contribution in [2.45, 2.75) is 63.5 Å². The lowest BCUT2D eigenvalue weighted by Crippen LogP contribution is -2.54. The number of nitrogens with zero attached hydrogens (tertiary/aromatic N) is 3. The van der Waals surface area contributed by atoms with Gasteiger partial charge in [0.05, 0.1) is 29.7 Å². The van der Waals surface area contributed by atoms with Gasteiger partial charge in [0.15, 0.2) is 0 Å². The van der Waals surface area contributed by atoms with Crippen LogP contribution in [0.4, 0.5) is 8.78 Å². The van der Waals surface area contributed by atoms with Gasteiger partial charge in [-0.3, -0.25) is 4.90 Å². The van der Waals surface area contributed by atoms with E-state index in [0.29, 0.717) is 6.61 Å². The highest BCUT2D eigenvalue weighted by Gasteiger charge is 2.48. The lowest BCUT2D eigenvalue weighted by molar-refractivity contribution is -0.0796. The van der Waals surface area contributed by atoms with Crippen molar-refractivity contribution in [1.82, 2.24) is 15.1 Å². The van der Waals surface area contributed by atoms with Crippen LogP contribution in [-0.4, -0.2) is 40.9 Å². The molecule has 3 aromatic rings. The lowest BCUT2D eigenvalue weighted by Gasteiger charge is -2.48. The molecule has 0 unspecified atom stereocenters. The summed E-state index contributed by atoms with van der Waals surface area (Å²) in [7, 11) is 0. The molecule has 4 nitrogen and oxygen atoms in total. The van der Waals surface area contributed by atoms with Crippen LogP contribution < -0.4 is 0 Å². The molecule has 1 aromatic heterocycles. The molecule has 0 N–H and O–H groups in total. The number of hydrogen-bond donors (Lipinski definition) is 0. The second kappa shape index (κ2) is 10.1. The fourth-order valence-electron chi connectivity index (χ4n) is 6.01. The summed E-state index contributed by atoms with van der Waals surface area (Å²) in [5.74, 6) is -0.938. The van der Waals surface area contributed by atoms with E-state index in [4.69, 9.17) is 9.84 Å². The van der Waals surface area contributed by atoms with Crippen molar-refractivity contribution in [2.75, 3.05) is 19.7 Å². The predicted molar refractivity (Wildman–Crippen MR) is 133 cm³/mol. The van der Waals surface area contributed by atoms with Gasteiger partial charge in [-0.15, -0.1) is 0 Å². The average Bonchev–Trinajstić information content (AvgIpc) is 2.88. The number of halogens is 2. The zero-order valence-corrected chi connectivity index (χ0v) is 20.5. The van der Waals surface area contributed by atoms with Gasteiger partial charge in [-0.05, 0) is 60.9 Å². The van der Waals surface area contributed by atoms with E-state index in [9.17, 15) is 8.78 Å². The SMILES string of the molecule is CC[C@H]1CC[C@](CC)([C@@H]2CN(Cc3ccccc3)CCO2)c2nnc(-c3c(F)cccc3F)cc21. The summed E-state index contributed by atoms with van der Waals surface area (Å²) in [6.45, 7) is 7.65. The first-order chi connectivity index (χ1) is 17.1. The topological polar surface area (TPSA) is 38.2 Å². The van der Waals surface area contributed by atoms with Gasteiger partial charge in [0, 0.05) is 25.0 Å². The molecule has 2 aliphatic rings. The Morgan fingerprint density at radius 3 is 2.51 bits per heavy atom. The molecule has 3 atom stereocenters. The largest absolute Gasteiger partial charge is 0.375 e. The first-order valence-corrected chi connectivity index (χ1v) is 12.8. The molecule has 1 fully saturated rings. The molecular weight excluding hydrogens is 444 g/mol. The fraction of sp³-hybridized carbons (Fsp3) is 0.448. The Hall–Kier alpha value is -2.70. The fourth-order valence-corrected chi connectivity index (χ4v) is 6.01. The second-order valence-corrected chi connectivity index (χ2v) is 9.86. The molecule has 184 valence electrons. The van der Waals surface area contributed by atoms with Crippen LogP contribution in [0, 0.1) is 11.6 Å². The summed E-state index contributed by atoms with van der Waals surface area (Å²) in [6, 6.07) is 16.3. The minimum absolute atomic E-state index is 0.00753. The van der Waals surface area contributed by atoms with E-state index in [2.05, 4.69) is 48.1 Å². The van der Waals surface area contributed by atoms with Gasteiger partial charge in [-0.2, -0.15) is 10.2 Å². The van der Waals surface area contributed by atoms with Gasteiger partial charge in [0.1, 0.15) is 11.6 Å². The van der Waals surface area contributed by atoms with E-state index in [1.807, 2.05) is 12.1 Å². The summed E-state index contributed by atoms with van der Waals surface area (Å²) in [6.07, 6.45) is 3.79. The maximum absolute atomic E-state index is 14.5. The molecule has 5 rings (SSSR count). The normalized spacial score (nSPS) is 24.8. The third-order valence-electron chi connectivity index (χ3n) is 8.03. The van der Waals surface area contributed by atoms with Crippen molar-refractivity contribution in [3.8, 4) is 11.3 Å². The molecule has 2 heterocycles. The number of fused-ring (bicyclic) bond motifs is 1. The number of benzene rings is 2. The number of ether oxygens (including phenoxy) is 1. The zero-order valence-electron chi connectivity index (χ0n) is 20.5. The van der Waals surface area contributed by atoms with Gasteiger partial charge in [0.2, 0.25) is 0 Å². The highest BCUT2D eigenvalue weighted by atomic mass is 19.1. The lowest BCUT2D eigenvalue weighted by atomic mass is 9.64. The summed E-state index contributed by atoms with van der Waals surface area (Å²) >= 11 is 0. The van der Waals surface area contributed by atoms with E-state index in [1.54, 1.807) is 0 Å². The maximum atomic E-state index is 14.5. The highest BCUT2D eigenvalue weighted by molar-refractivity contribution is 5.62. The molecule has 1 saturated heterocycles. The first kappa shape index (κ1) is 24.0. The molecule has 1 aliphatic carbocycles. The third kappa shape index (κ3) is 4.50. The first-order valence-electron chi connectivity index (χ1n) is 12.8. The van der Waals surface area contributed by atoms with Crippen molar-refractivity contribution in [2.24, 2.45) is 0 Å². The quantitative estimate of drug-likeness (QED) is 0.420.